The van der Waals surface area contributed by atoms with Crippen molar-refractivity contribution in [2.75, 3.05) is 29.9 Å². The maximum absolute atomic E-state index is 8.78. The lowest BCUT2D eigenvalue weighted by atomic mass is 10.0. The molecule has 1 fully saturated rings. The highest BCUT2D eigenvalue weighted by atomic mass is 35.5. The van der Waals surface area contributed by atoms with Gasteiger partial charge in [0.15, 0.2) is 17.3 Å². The predicted octanol–water partition coefficient (Wildman–Crippen LogP) is 2.55. The summed E-state index contributed by atoms with van der Waals surface area (Å²) in [5, 5.41) is 17.4. The maximum Gasteiger partial charge on any atom is 0.224 e. The van der Waals surface area contributed by atoms with Crippen molar-refractivity contribution < 1.29 is 0 Å². The quantitative estimate of drug-likeness (QED) is 0.774. The molecule has 0 radical (unpaired) electrons. The van der Waals surface area contributed by atoms with Crippen LogP contribution >= 0.6 is 23.2 Å². The molecule has 0 amide bonds. The lowest BCUT2D eigenvalue weighted by Crippen LogP contribution is -2.44. The lowest BCUT2D eigenvalue weighted by molar-refractivity contribution is 0.477. The summed E-state index contributed by atoms with van der Waals surface area (Å²) >= 11 is 12.1. The van der Waals surface area contributed by atoms with E-state index in [-0.39, 0.29) is 5.28 Å². The van der Waals surface area contributed by atoms with Gasteiger partial charge in [0.1, 0.15) is 11.1 Å². The molecule has 0 aliphatic carbocycles. The normalized spacial score (nSPS) is 15.2. The number of anilines is 2. The molecule has 0 spiro atoms. The average molecular weight is 364 g/mol. The Morgan fingerprint density at radius 1 is 1.25 bits per heavy atom. The van der Waals surface area contributed by atoms with Gasteiger partial charge in [-0.2, -0.15) is 10.2 Å². The summed E-state index contributed by atoms with van der Waals surface area (Å²) in [5.74, 6) is 1.44. The van der Waals surface area contributed by atoms with E-state index in [1.54, 1.807) is 6.07 Å². The predicted molar refractivity (Wildman–Crippen MR) is 92.4 cm³/mol. The van der Waals surface area contributed by atoms with Gasteiger partial charge >= 0.3 is 0 Å². The number of rotatable bonds is 3. The van der Waals surface area contributed by atoms with Gasteiger partial charge in [-0.15, -0.1) is 10.2 Å². The third-order valence-corrected chi connectivity index (χ3v) is 4.58. The highest BCUT2D eigenvalue weighted by molar-refractivity contribution is 6.33. The second kappa shape index (κ2) is 7.16. The summed E-state index contributed by atoms with van der Waals surface area (Å²) in [6, 6.07) is 5.79. The Bertz CT molecular complexity index is 751. The number of aromatic nitrogens is 4. The molecule has 9 heteroatoms. The fourth-order valence-electron chi connectivity index (χ4n) is 2.79. The van der Waals surface area contributed by atoms with Crippen LogP contribution in [-0.2, 0) is 0 Å². The lowest BCUT2D eigenvalue weighted by Gasteiger charge is -2.37. The smallest absolute Gasteiger partial charge is 0.224 e. The van der Waals surface area contributed by atoms with E-state index in [4.69, 9.17) is 28.5 Å². The van der Waals surface area contributed by atoms with Crippen molar-refractivity contribution in [3.63, 3.8) is 0 Å². The van der Waals surface area contributed by atoms with E-state index < -0.39 is 0 Å². The van der Waals surface area contributed by atoms with E-state index in [0.717, 1.165) is 31.7 Å². The Balaban J connectivity index is 1.66. The van der Waals surface area contributed by atoms with Crippen LogP contribution in [0.2, 0.25) is 10.3 Å². The van der Waals surface area contributed by atoms with E-state index in [9.17, 15) is 0 Å². The van der Waals surface area contributed by atoms with Crippen LogP contribution in [0.15, 0.2) is 18.3 Å². The number of piperidine rings is 1. The van der Waals surface area contributed by atoms with Crippen LogP contribution in [-0.4, -0.2) is 46.3 Å². The molecule has 3 rings (SSSR count). The Labute approximate surface area is 149 Å². The zero-order chi connectivity index (χ0) is 17.1. The van der Waals surface area contributed by atoms with Gasteiger partial charge in [-0.25, -0.2) is 4.98 Å². The average Bonchev–Trinajstić information content (AvgIpc) is 2.63. The topological polar surface area (TPSA) is 81.8 Å². The first-order chi connectivity index (χ1) is 11.6. The molecule has 1 aliphatic rings. The molecular weight excluding hydrogens is 349 g/mol. The fourth-order valence-corrected chi connectivity index (χ4v) is 3.15. The summed E-state index contributed by atoms with van der Waals surface area (Å²) in [6.07, 6.45) is 3.37. The first kappa shape index (κ1) is 16.7. The van der Waals surface area contributed by atoms with Gasteiger partial charge in [0.05, 0.1) is 6.20 Å². The molecule has 0 aromatic carbocycles. The third-order valence-electron chi connectivity index (χ3n) is 4.13. The molecule has 24 heavy (non-hydrogen) atoms. The summed E-state index contributed by atoms with van der Waals surface area (Å²) < 4.78 is 0. The number of hydrogen-bond donors (Lipinski definition) is 0. The second-order valence-electron chi connectivity index (χ2n) is 5.53. The third kappa shape index (κ3) is 3.50. The van der Waals surface area contributed by atoms with E-state index in [2.05, 4.69) is 30.0 Å². The Kier molecular flexibility index (Phi) is 4.97. The van der Waals surface area contributed by atoms with Crippen molar-refractivity contribution in [3.05, 3.63) is 34.3 Å². The van der Waals surface area contributed by atoms with Gasteiger partial charge in [-0.3, -0.25) is 0 Å². The fraction of sp³-hybridized carbons (Fsp3) is 0.400. The van der Waals surface area contributed by atoms with Crippen LogP contribution in [0.1, 0.15) is 18.5 Å². The van der Waals surface area contributed by atoms with Crippen molar-refractivity contribution in [1.29, 1.82) is 5.26 Å². The second-order valence-corrected chi connectivity index (χ2v) is 6.27. The number of halogens is 2. The minimum atomic E-state index is 0.187. The van der Waals surface area contributed by atoms with Crippen molar-refractivity contribution >= 4 is 34.8 Å². The zero-order valence-corrected chi connectivity index (χ0v) is 14.5. The number of nitrogens with zero attached hydrogens (tertiary/aromatic N) is 7. The molecular formula is C15H15Cl2N7. The van der Waals surface area contributed by atoms with Crippen molar-refractivity contribution in [2.24, 2.45) is 0 Å². The maximum atomic E-state index is 8.78. The monoisotopic (exact) mass is 363 g/mol. The highest BCUT2D eigenvalue weighted by Gasteiger charge is 2.25. The summed E-state index contributed by atoms with van der Waals surface area (Å²) in [7, 11) is 1.96. The minimum absolute atomic E-state index is 0.187. The van der Waals surface area contributed by atoms with Crippen LogP contribution < -0.4 is 9.80 Å². The first-order valence-electron chi connectivity index (χ1n) is 7.48. The molecule has 2 aromatic heterocycles. The molecule has 1 aliphatic heterocycles. The molecule has 0 unspecified atom stereocenters. The van der Waals surface area contributed by atoms with Gasteiger partial charge in [0, 0.05) is 26.2 Å². The Hall–Kier alpha value is -2.17. The molecule has 124 valence electrons. The summed E-state index contributed by atoms with van der Waals surface area (Å²) in [6.45, 7) is 1.68. The molecule has 0 saturated carbocycles. The van der Waals surface area contributed by atoms with Gasteiger partial charge < -0.3 is 9.80 Å². The SMILES string of the molecule is CN(c1nc(Cl)ncc1Cl)C1CCN(c2ccc(C#N)nn2)CC1. The van der Waals surface area contributed by atoms with E-state index in [1.807, 2.05) is 19.2 Å². The van der Waals surface area contributed by atoms with Crippen LogP contribution in [0, 0.1) is 11.3 Å². The largest absolute Gasteiger partial charge is 0.355 e. The molecule has 0 atom stereocenters. The van der Waals surface area contributed by atoms with Gasteiger partial charge in [0.2, 0.25) is 5.28 Å². The molecule has 7 nitrogen and oxygen atoms in total. The molecule has 3 heterocycles. The molecule has 2 aromatic rings. The minimum Gasteiger partial charge on any atom is -0.355 e. The van der Waals surface area contributed by atoms with Crippen molar-refractivity contribution in [2.45, 2.75) is 18.9 Å². The standard InChI is InChI=1S/C15H15Cl2N7/c1-23(14-12(16)9-19-15(17)20-14)11-4-6-24(7-5-11)13-3-2-10(8-18)21-22-13/h2-3,9,11H,4-7H2,1H3. The van der Waals surface area contributed by atoms with Crippen LogP contribution in [0.4, 0.5) is 11.6 Å². The molecule has 0 N–H and O–H groups in total. The van der Waals surface area contributed by atoms with E-state index >= 15 is 0 Å². The van der Waals surface area contributed by atoms with Crippen LogP contribution in [0.5, 0.6) is 0 Å². The number of nitriles is 1. The van der Waals surface area contributed by atoms with E-state index in [0.29, 0.717) is 22.6 Å². The first-order valence-corrected chi connectivity index (χ1v) is 8.23. The summed E-state index contributed by atoms with van der Waals surface area (Å²) in [4.78, 5) is 12.3. The molecule has 0 bridgehead atoms. The van der Waals surface area contributed by atoms with Crippen LogP contribution in [0.3, 0.4) is 0 Å². The summed E-state index contributed by atoms with van der Waals surface area (Å²) in [5.41, 5.74) is 0.323. The highest BCUT2D eigenvalue weighted by Crippen LogP contribution is 2.28. The van der Waals surface area contributed by atoms with Crippen molar-refractivity contribution in [3.8, 4) is 6.07 Å². The van der Waals surface area contributed by atoms with Gasteiger partial charge in [-0.1, -0.05) is 11.6 Å². The van der Waals surface area contributed by atoms with E-state index in [1.165, 1.54) is 6.20 Å². The van der Waals surface area contributed by atoms with Gasteiger partial charge in [0.25, 0.3) is 0 Å². The Morgan fingerprint density at radius 2 is 2.00 bits per heavy atom. The molecule has 1 saturated heterocycles. The van der Waals surface area contributed by atoms with Gasteiger partial charge in [-0.05, 0) is 36.6 Å². The Morgan fingerprint density at radius 3 is 2.62 bits per heavy atom. The van der Waals surface area contributed by atoms with Crippen LogP contribution in [0.25, 0.3) is 0 Å². The van der Waals surface area contributed by atoms with Crippen molar-refractivity contribution in [1.82, 2.24) is 20.2 Å². The number of hydrogen-bond acceptors (Lipinski definition) is 7. The zero-order valence-electron chi connectivity index (χ0n) is 13.0.